The van der Waals surface area contributed by atoms with Crippen LogP contribution in [0.2, 0.25) is 0 Å². The molecule has 4 heterocycles. The number of hydrogen-bond donors (Lipinski definition) is 1. The summed E-state index contributed by atoms with van der Waals surface area (Å²) in [5.41, 5.74) is 5.91. The third-order valence-corrected chi connectivity index (χ3v) is 13.9. The van der Waals surface area contributed by atoms with Crippen molar-refractivity contribution in [1.82, 2.24) is 29.2 Å². The minimum absolute atomic E-state index is 0.00659. The smallest absolute Gasteiger partial charge is 0.255 e. The van der Waals surface area contributed by atoms with Gasteiger partial charge in [0.15, 0.2) is 0 Å². The molecule has 9 nitrogen and oxygen atoms in total. The number of amides is 1. The van der Waals surface area contributed by atoms with Crippen molar-refractivity contribution in [3.63, 3.8) is 0 Å². The van der Waals surface area contributed by atoms with Gasteiger partial charge in [0, 0.05) is 82.5 Å². The Labute approximate surface area is 367 Å². The quantitative estimate of drug-likeness (QED) is 0.141. The molecule has 1 amide bonds. The van der Waals surface area contributed by atoms with Gasteiger partial charge in [-0.3, -0.25) is 24.2 Å². The zero-order valence-corrected chi connectivity index (χ0v) is 37.2. The first-order valence-corrected chi connectivity index (χ1v) is 22.7. The molecule has 3 fully saturated rings. The van der Waals surface area contributed by atoms with E-state index in [2.05, 4.69) is 94.5 Å². The molecule has 2 aliphatic heterocycles. The summed E-state index contributed by atoms with van der Waals surface area (Å²) in [6.07, 6.45) is 7.42. The van der Waals surface area contributed by atoms with Gasteiger partial charge in [0.1, 0.15) is 0 Å². The van der Waals surface area contributed by atoms with Crippen molar-refractivity contribution in [1.29, 1.82) is 0 Å². The SMILES string of the molecule is Cn1c(=O)c(CN(C(=O)C2CCCCC2)C2(C)CCN(Cc3ccccc3)C2)cc2ccccc21.Cn1c(=O)c(CNC2(C)CCN(Cc3ccccc3)C2)cc2ccccc21. The van der Waals surface area contributed by atoms with Crippen molar-refractivity contribution < 1.29 is 4.79 Å². The highest BCUT2D eigenvalue weighted by molar-refractivity contribution is 5.82. The van der Waals surface area contributed by atoms with E-state index in [1.54, 1.807) is 9.13 Å². The Hall–Kier alpha value is -5.35. The van der Waals surface area contributed by atoms with Gasteiger partial charge in [-0.05, 0) is 85.7 Å². The Morgan fingerprint density at radius 2 is 1.15 bits per heavy atom. The Balaban J connectivity index is 0.000000176. The normalized spacial score (nSPS) is 21.0. The number of aromatic nitrogens is 2. The van der Waals surface area contributed by atoms with Crippen molar-refractivity contribution in [2.75, 3.05) is 26.2 Å². The van der Waals surface area contributed by atoms with Gasteiger partial charge in [-0.25, -0.2) is 0 Å². The van der Waals surface area contributed by atoms with Gasteiger partial charge in [-0.2, -0.15) is 0 Å². The molecular formula is C53H64N6O3. The first-order chi connectivity index (χ1) is 30.0. The molecule has 2 unspecified atom stereocenters. The number of hydrogen-bond acceptors (Lipinski definition) is 6. The van der Waals surface area contributed by atoms with E-state index in [0.717, 1.165) is 105 Å². The highest BCUT2D eigenvalue weighted by Crippen LogP contribution is 2.35. The predicted octanol–water partition coefficient (Wildman–Crippen LogP) is 8.40. The van der Waals surface area contributed by atoms with Crippen LogP contribution in [-0.2, 0) is 45.1 Å². The summed E-state index contributed by atoms with van der Waals surface area (Å²) in [7, 11) is 3.69. The number of carbonyl (C=O) groups is 1. The van der Waals surface area contributed by atoms with Crippen LogP contribution in [0.15, 0.2) is 131 Å². The lowest BCUT2D eigenvalue weighted by Crippen LogP contribution is -2.53. The summed E-state index contributed by atoms with van der Waals surface area (Å²) < 4.78 is 3.48. The number of carbonyl (C=O) groups excluding carboxylic acids is 1. The molecule has 4 aromatic carbocycles. The molecule has 62 heavy (non-hydrogen) atoms. The molecule has 2 atom stereocenters. The Bertz CT molecular complexity index is 2600. The fourth-order valence-electron chi connectivity index (χ4n) is 10.2. The standard InChI is InChI=1S/C30H37N3O2.C23H27N3O/c1-30(17-18-32(22-30)20-23-11-5-3-6-12-23)33(29(35)24-13-7-4-8-14-24)21-26-19-25-15-9-10-16-27(25)31(2)28(26)34;1-23(12-13-26(17-23)16-18-8-4-3-5-9-18)24-15-20-14-19-10-6-7-11-21(19)25(2)22(20)27/h3,5-6,9-12,15-16,19,24H,4,7-8,13-14,17-18,20-22H2,1-2H3;3-11,14,24H,12-13,15-17H2,1-2H3. The molecule has 9 heteroatoms. The van der Waals surface area contributed by atoms with Gasteiger partial charge in [0.2, 0.25) is 5.91 Å². The van der Waals surface area contributed by atoms with Crippen LogP contribution in [0.1, 0.15) is 81.0 Å². The van der Waals surface area contributed by atoms with Crippen molar-refractivity contribution >= 4 is 27.7 Å². The van der Waals surface area contributed by atoms with Crippen LogP contribution < -0.4 is 16.4 Å². The molecule has 3 aliphatic rings. The predicted molar refractivity (Wildman–Crippen MR) is 252 cm³/mol. The maximum absolute atomic E-state index is 14.0. The molecule has 2 saturated heterocycles. The summed E-state index contributed by atoms with van der Waals surface area (Å²) in [5.74, 6) is 0.317. The van der Waals surface area contributed by atoms with Crippen LogP contribution in [-0.4, -0.2) is 67.0 Å². The Morgan fingerprint density at radius 1 is 0.645 bits per heavy atom. The molecule has 1 N–H and O–H groups in total. The second-order valence-electron chi connectivity index (χ2n) is 18.7. The number of fused-ring (bicyclic) bond motifs is 2. The third-order valence-electron chi connectivity index (χ3n) is 13.9. The Kier molecular flexibility index (Phi) is 13.2. The van der Waals surface area contributed by atoms with Crippen LogP contribution in [0.5, 0.6) is 0 Å². The molecule has 324 valence electrons. The minimum atomic E-state index is -0.292. The second-order valence-corrected chi connectivity index (χ2v) is 18.7. The number of benzene rings is 4. The van der Waals surface area contributed by atoms with Crippen LogP contribution in [0.25, 0.3) is 21.8 Å². The van der Waals surface area contributed by atoms with E-state index in [-0.39, 0.29) is 34.0 Å². The fraction of sp³-hybridized carbons (Fsp3) is 0.415. The number of pyridine rings is 2. The summed E-state index contributed by atoms with van der Waals surface area (Å²) >= 11 is 0. The van der Waals surface area contributed by atoms with Crippen LogP contribution in [0.4, 0.5) is 0 Å². The third kappa shape index (κ3) is 9.81. The van der Waals surface area contributed by atoms with Crippen LogP contribution in [0.3, 0.4) is 0 Å². The number of nitrogens with one attached hydrogen (secondary N) is 1. The average molecular weight is 833 g/mol. The molecule has 2 aromatic heterocycles. The lowest BCUT2D eigenvalue weighted by molar-refractivity contribution is -0.143. The van der Waals surface area contributed by atoms with Gasteiger partial charge in [0.05, 0.1) is 23.1 Å². The van der Waals surface area contributed by atoms with E-state index in [0.29, 0.717) is 18.7 Å². The van der Waals surface area contributed by atoms with Gasteiger partial charge < -0.3 is 19.4 Å². The molecule has 1 aliphatic carbocycles. The van der Waals surface area contributed by atoms with E-state index in [1.807, 2.05) is 74.8 Å². The minimum Gasteiger partial charge on any atom is -0.331 e. The van der Waals surface area contributed by atoms with Crippen molar-refractivity contribution in [3.05, 3.63) is 164 Å². The van der Waals surface area contributed by atoms with Crippen molar-refractivity contribution in [3.8, 4) is 0 Å². The summed E-state index contributed by atoms with van der Waals surface area (Å²) in [5, 5.41) is 5.82. The maximum Gasteiger partial charge on any atom is 0.255 e. The molecule has 1 saturated carbocycles. The topological polar surface area (TPSA) is 82.8 Å². The average Bonchev–Trinajstić information content (AvgIpc) is 3.87. The largest absolute Gasteiger partial charge is 0.331 e. The zero-order valence-electron chi connectivity index (χ0n) is 37.2. The van der Waals surface area contributed by atoms with E-state index < -0.39 is 0 Å². The number of para-hydroxylation sites is 2. The summed E-state index contributed by atoms with van der Waals surface area (Å²) in [6.45, 7) is 11.2. The van der Waals surface area contributed by atoms with E-state index >= 15 is 0 Å². The lowest BCUT2D eigenvalue weighted by Gasteiger charge is -2.41. The van der Waals surface area contributed by atoms with Crippen molar-refractivity contribution in [2.24, 2.45) is 20.0 Å². The maximum atomic E-state index is 14.0. The van der Waals surface area contributed by atoms with Gasteiger partial charge in [-0.1, -0.05) is 116 Å². The molecule has 0 radical (unpaired) electrons. The molecule has 9 rings (SSSR count). The first-order valence-electron chi connectivity index (χ1n) is 22.7. The van der Waals surface area contributed by atoms with Crippen LogP contribution in [0, 0.1) is 5.92 Å². The van der Waals surface area contributed by atoms with E-state index in [4.69, 9.17) is 0 Å². The molecule has 0 bridgehead atoms. The second kappa shape index (κ2) is 19.0. The number of nitrogens with zero attached hydrogens (tertiary/aromatic N) is 5. The first kappa shape index (κ1) is 43.3. The molecule has 6 aromatic rings. The number of aryl methyl sites for hydroxylation is 2. The zero-order chi connectivity index (χ0) is 43.3. The lowest BCUT2D eigenvalue weighted by atomic mass is 9.86. The van der Waals surface area contributed by atoms with Gasteiger partial charge >= 0.3 is 0 Å². The van der Waals surface area contributed by atoms with Gasteiger partial charge in [-0.15, -0.1) is 0 Å². The van der Waals surface area contributed by atoms with E-state index in [9.17, 15) is 14.4 Å². The highest BCUT2D eigenvalue weighted by atomic mass is 16.2. The Morgan fingerprint density at radius 3 is 1.74 bits per heavy atom. The van der Waals surface area contributed by atoms with Crippen LogP contribution >= 0.6 is 0 Å². The summed E-state index contributed by atoms with van der Waals surface area (Å²) in [4.78, 5) is 47.1. The highest BCUT2D eigenvalue weighted by Gasteiger charge is 2.43. The molecule has 0 spiro atoms. The number of rotatable bonds is 11. The fourth-order valence-corrected chi connectivity index (χ4v) is 10.2. The van der Waals surface area contributed by atoms with Crippen molar-refractivity contribution in [2.45, 2.75) is 96.1 Å². The monoisotopic (exact) mass is 833 g/mol. The van der Waals surface area contributed by atoms with Gasteiger partial charge in [0.25, 0.3) is 11.1 Å². The van der Waals surface area contributed by atoms with E-state index in [1.165, 1.54) is 17.5 Å². The summed E-state index contributed by atoms with van der Waals surface area (Å²) in [6, 6.07) is 41.2. The number of likely N-dealkylation sites (tertiary alicyclic amines) is 2. The molecular weight excluding hydrogens is 769 g/mol.